The first-order valence-corrected chi connectivity index (χ1v) is 6.34. The number of carbonyl (C=O) groups is 1. The van der Waals surface area contributed by atoms with Gasteiger partial charge in [-0.25, -0.2) is 4.79 Å². The monoisotopic (exact) mass is 250 g/mol. The molecule has 4 nitrogen and oxygen atoms in total. The van der Waals surface area contributed by atoms with Crippen LogP contribution in [-0.4, -0.2) is 30.4 Å². The van der Waals surface area contributed by atoms with E-state index in [1.165, 1.54) is 19.3 Å². The zero-order chi connectivity index (χ0) is 12.8. The van der Waals surface area contributed by atoms with Crippen LogP contribution < -0.4 is 4.74 Å². The summed E-state index contributed by atoms with van der Waals surface area (Å²) in [7, 11) is 0. The maximum Gasteiger partial charge on any atom is 0.339 e. The van der Waals surface area contributed by atoms with Gasteiger partial charge < -0.3 is 14.6 Å². The second kappa shape index (κ2) is 6.40. The molecule has 0 atom stereocenters. The molecule has 0 aromatic heterocycles. The Morgan fingerprint density at radius 1 is 1.28 bits per heavy atom. The van der Waals surface area contributed by atoms with E-state index < -0.39 is 5.97 Å². The summed E-state index contributed by atoms with van der Waals surface area (Å²) in [5, 5.41) is 8.98. The molecule has 98 valence electrons. The fraction of sp³-hybridized carbons (Fsp3) is 0.500. The van der Waals surface area contributed by atoms with E-state index in [1.807, 2.05) is 0 Å². The van der Waals surface area contributed by atoms with Crippen LogP contribution in [-0.2, 0) is 4.74 Å². The van der Waals surface area contributed by atoms with Gasteiger partial charge in [0.25, 0.3) is 0 Å². The minimum absolute atomic E-state index is 0.206. The lowest BCUT2D eigenvalue weighted by Crippen LogP contribution is -2.22. The third-order valence-electron chi connectivity index (χ3n) is 3.07. The zero-order valence-corrected chi connectivity index (χ0v) is 10.3. The van der Waals surface area contributed by atoms with E-state index in [9.17, 15) is 4.79 Å². The summed E-state index contributed by atoms with van der Waals surface area (Å²) in [5.74, 6) is -0.537. The molecule has 0 spiro atoms. The molecular weight excluding hydrogens is 232 g/mol. The molecule has 1 aromatic rings. The molecule has 0 saturated heterocycles. The predicted octanol–water partition coefficient (Wildman–Crippen LogP) is 2.72. The SMILES string of the molecule is O=C(O)c1ccccc1OCCCOC1CCC1. The quantitative estimate of drug-likeness (QED) is 0.756. The number of rotatable bonds is 7. The molecule has 0 unspecified atom stereocenters. The molecule has 0 bridgehead atoms. The second-order valence-corrected chi connectivity index (χ2v) is 4.43. The van der Waals surface area contributed by atoms with Crippen LogP contribution in [0.2, 0.25) is 0 Å². The molecule has 1 aliphatic rings. The lowest BCUT2D eigenvalue weighted by Gasteiger charge is -2.25. The highest BCUT2D eigenvalue weighted by molar-refractivity contribution is 5.90. The van der Waals surface area contributed by atoms with Gasteiger partial charge in [0.2, 0.25) is 0 Å². The molecule has 0 aliphatic heterocycles. The second-order valence-electron chi connectivity index (χ2n) is 4.43. The van der Waals surface area contributed by atoms with E-state index in [4.69, 9.17) is 14.6 Å². The van der Waals surface area contributed by atoms with E-state index >= 15 is 0 Å². The first kappa shape index (κ1) is 12.9. The van der Waals surface area contributed by atoms with Crippen LogP contribution in [0.15, 0.2) is 24.3 Å². The summed E-state index contributed by atoms with van der Waals surface area (Å²) in [4.78, 5) is 10.9. The lowest BCUT2D eigenvalue weighted by molar-refractivity contribution is -0.00225. The standard InChI is InChI=1S/C14H18O4/c15-14(16)12-7-1-2-8-13(12)18-10-4-9-17-11-5-3-6-11/h1-2,7-8,11H,3-6,9-10H2,(H,15,16). The van der Waals surface area contributed by atoms with Gasteiger partial charge in [0.05, 0.1) is 19.3 Å². The molecule has 18 heavy (non-hydrogen) atoms. The summed E-state index contributed by atoms with van der Waals surface area (Å²) in [5.41, 5.74) is 0.206. The number of hydrogen-bond acceptors (Lipinski definition) is 3. The number of para-hydroxylation sites is 1. The van der Waals surface area contributed by atoms with Crippen LogP contribution in [0.25, 0.3) is 0 Å². The molecular formula is C14H18O4. The van der Waals surface area contributed by atoms with E-state index in [-0.39, 0.29) is 5.56 Å². The van der Waals surface area contributed by atoms with Crippen molar-refractivity contribution in [2.75, 3.05) is 13.2 Å². The molecule has 2 rings (SSSR count). The molecule has 1 saturated carbocycles. The third-order valence-corrected chi connectivity index (χ3v) is 3.07. The number of ether oxygens (including phenoxy) is 2. The average molecular weight is 250 g/mol. The summed E-state index contributed by atoms with van der Waals surface area (Å²) < 4.78 is 11.1. The molecule has 0 radical (unpaired) electrons. The number of hydrogen-bond donors (Lipinski definition) is 1. The van der Waals surface area contributed by atoms with E-state index in [0.29, 0.717) is 25.1 Å². The van der Waals surface area contributed by atoms with E-state index in [2.05, 4.69) is 0 Å². The third kappa shape index (κ3) is 3.47. The van der Waals surface area contributed by atoms with Crippen molar-refractivity contribution in [3.05, 3.63) is 29.8 Å². The van der Waals surface area contributed by atoms with Gasteiger partial charge in [0.1, 0.15) is 11.3 Å². The Bertz CT molecular complexity index is 399. The number of aromatic carboxylic acids is 1. The Morgan fingerprint density at radius 3 is 2.72 bits per heavy atom. The summed E-state index contributed by atoms with van der Waals surface area (Å²) >= 11 is 0. The maximum absolute atomic E-state index is 10.9. The van der Waals surface area contributed by atoms with Gasteiger partial charge in [-0.05, 0) is 31.4 Å². The average Bonchev–Trinajstić information content (AvgIpc) is 2.31. The van der Waals surface area contributed by atoms with Gasteiger partial charge in [0.15, 0.2) is 0 Å². The van der Waals surface area contributed by atoms with Crippen molar-refractivity contribution in [2.24, 2.45) is 0 Å². The summed E-state index contributed by atoms with van der Waals surface area (Å²) in [6.45, 7) is 1.16. The van der Waals surface area contributed by atoms with Crippen LogP contribution in [0.4, 0.5) is 0 Å². The molecule has 1 fully saturated rings. The fourth-order valence-electron chi connectivity index (χ4n) is 1.80. The molecule has 1 aliphatic carbocycles. The van der Waals surface area contributed by atoms with E-state index in [1.54, 1.807) is 24.3 Å². The van der Waals surface area contributed by atoms with Crippen molar-refractivity contribution >= 4 is 5.97 Å². The van der Waals surface area contributed by atoms with E-state index in [0.717, 1.165) is 6.42 Å². The van der Waals surface area contributed by atoms with Gasteiger partial charge in [-0.15, -0.1) is 0 Å². The van der Waals surface area contributed by atoms with Gasteiger partial charge in [0, 0.05) is 6.42 Å². The highest BCUT2D eigenvalue weighted by atomic mass is 16.5. The van der Waals surface area contributed by atoms with Crippen LogP contribution >= 0.6 is 0 Å². The van der Waals surface area contributed by atoms with Gasteiger partial charge in [-0.2, -0.15) is 0 Å². The van der Waals surface area contributed by atoms with Crippen molar-refractivity contribution in [1.29, 1.82) is 0 Å². The zero-order valence-electron chi connectivity index (χ0n) is 10.3. The highest BCUT2D eigenvalue weighted by Crippen LogP contribution is 2.22. The number of carboxylic acids is 1. The first-order valence-electron chi connectivity index (χ1n) is 6.34. The largest absolute Gasteiger partial charge is 0.493 e. The topological polar surface area (TPSA) is 55.8 Å². The van der Waals surface area contributed by atoms with Gasteiger partial charge >= 0.3 is 5.97 Å². The number of benzene rings is 1. The Hall–Kier alpha value is -1.55. The van der Waals surface area contributed by atoms with Crippen LogP contribution in [0.5, 0.6) is 5.75 Å². The minimum atomic E-state index is -0.962. The van der Waals surface area contributed by atoms with Crippen molar-refractivity contribution in [2.45, 2.75) is 31.8 Å². The minimum Gasteiger partial charge on any atom is -0.493 e. The molecule has 1 aromatic carbocycles. The van der Waals surface area contributed by atoms with Crippen LogP contribution in [0.1, 0.15) is 36.0 Å². The Kier molecular flexibility index (Phi) is 4.59. The molecule has 1 N–H and O–H groups in total. The molecule has 4 heteroatoms. The van der Waals surface area contributed by atoms with Crippen LogP contribution in [0.3, 0.4) is 0 Å². The summed E-state index contributed by atoms with van der Waals surface area (Å²) in [6, 6.07) is 6.68. The number of carboxylic acid groups (broad SMARTS) is 1. The predicted molar refractivity (Wildman–Crippen MR) is 67.1 cm³/mol. The normalized spacial score (nSPS) is 15.1. The lowest BCUT2D eigenvalue weighted by atomic mass is 9.96. The Balaban J connectivity index is 1.70. The van der Waals surface area contributed by atoms with Crippen molar-refractivity contribution in [3.63, 3.8) is 0 Å². The smallest absolute Gasteiger partial charge is 0.339 e. The van der Waals surface area contributed by atoms with Gasteiger partial charge in [-0.3, -0.25) is 0 Å². The van der Waals surface area contributed by atoms with Gasteiger partial charge in [-0.1, -0.05) is 12.1 Å². The van der Waals surface area contributed by atoms with Crippen molar-refractivity contribution in [1.82, 2.24) is 0 Å². The highest BCUT2D eigenvalue weighted by Gasteiger charge is 2.17. The first-order chi connectivity index (χ1) is 8.77. The Labute approximate surface area is 107 Å². The van der Waals surface area contributed by atoms with Crippen molar-refractivity contribution in [3.8, 4) is 5.75 Å². The maximum atomic E-state index is 10.9. The fourth-order valence-corrected chi connectivity index (χ4v) is 1.80. The summed E-state index contributed by atoms with van der Waals surface area (Å²) in [6.07, 6.45) is 4.83. The molecule has 0 amide bonds. The van der Waals surface area contributed by atoms with Crippen LogP contribution in [0, 0.1) is 0 Å². The molecule has 0 heterocycles. The van der Waals surface area contributed by atoms with Crippen molar-refractivity contribution < 1.29 is 19.4 Å². The Morgan fingerprint density at radius 2 is 2.06 bits per heavy atom.